The molecule has 0 aliphatic carbocycles. The molecule has 2 aromatic rings. The van der Waals surface area contributed by atoms with Gasteiger partial charge >= 0.3 is 0 Å². The number of carbonyl (C=O) groups is 1. The molecule has 3 rings (SSSR count). The predicted molar refractivity (Wildman–Crippen MR) is 82.0 cm³/mol. The number of anilines is 1. The Balaban J connectivity index is 1.81. The van der Waals surface area contributed by atoms with Gasteiger partial charge in [0.05, 0.1) is 0 Å². The van der Waals surface area contributed by atoms with Crippen LogP contribution in [0, 0.1) is 0 Å². The zero-order valence-corrected chi connectivity index (χ0v) is 13.4. The quantitative estimate of drug-likeness (QED) is 0.921. The summed E-state index contributed by atoms with van der Waals surface area (Å²) in [6, 6.07) is 2.59. The van der Waals surface area contributed by atoms with Crippen molar-refractivity contribution < 1.29 is 13.2 Å². The molecule has 1 atom stereocenters. The molecule has 0 saturated carbocycles. The minimum absolute atomic E-state index is 0.274. The second-order valence-electron chi connectivity index (χ2n) is 4.53. The minimum atomic E-state index is -3.59. The molecule has 1 fully saturated rings. The van der Waals surface area contributed by atoms with Gasteiger partial charge in [-0.15, -0.1) is 22.7 Å². The van der Waals surface area contributed by atoms with Gasteiger partial charge in [-0.3, -0.25) is 4.79 Å². The van der Waals surface area contributed by atoms with Gasteiger partial charge in [0.25, 0.3) is 10.0 Å². The van der Waals surface area contributed by atoms with E-state index < -0.39 is 16.1 Å². The Morgan fingerprint density at radius 3 is 2.90 bits per heavy atom. The maximum Gasteiger partial charge on any atom is 0.253 e. The van der Waals surface area contributed by atoms with Crippen molar-refractivity contribution in [3.05, 3.63) is 29.1 Å². The number of hydrogen-bond acceptors (Lipinski definition) is 6. The molecule has 112 valence electrons. The Hall–Kier alpha value is -1.29. The molecular formula is C12H13N3O3S3. The van der Waals surface area contributed by atoms with Gasteiger partial charge in [0.1, 0.15) is 10.3 Å². The number of rotatable bonds is 4. The van der Waals surface area contributed by atoms with Crippen LogP contribution < -0.4 is 5.32 Å². The van der Waals surface area contributed by atoms with Crippen molar-refractivity contribution >= 4 is 43.7 Å². The fourth-order valence-electron chi connectivity index (χ4n) is 2.29. The normalized spacial score (nSPS) is 19.7. The van der Waals surface area contributed by atoms with Gasteiger partial charge in [0.2, 0.25) is 5.91 Å². The molecule has 0 bridgehead atoms. The summed E-state index contributed by atoms with van der Waals surface area (Å²) < 4.78 is 26.7. The van der Waals surface area contributed by atoms with E-state index >= 15 is 0 Å². The molecule has 6 nitrogen and oxygen atoms in total. The standard InChI is InChI=1S/C12H13N3O3S3/c16-11(14-12-13-5-8-20-12)9-3-1-6-15(9)21(17,18)10-4-2-7-19-10/h2,4-5,7-9H,1,3,6H2,(H,13,14,16)/t9-/m1/s1. The van der Waals surface area contributed by atoms with Crippen LogP contribution in [0.3, 0.4) is 0 Å². The Kier molecular flexibility index (Phi) is 4.07. The highest BCUT2D eigenvalue weighted by molar-refractivity contribution is 7.91. The summed E-state index contributed by atoms with van der Waals surface area (Å²) in [6.45, 7) is 0.371. The fourth-order valence-corrected chi connectivity index (χ4v) is 5.60. The Labute approximate surface area is 130 Å². The summed E-state index contributed by atoms with van der Waals surface area (Å²) >= 11 is 2.47. The molecule has 1 amide bonds. The van der Waals surface area contributed by atoms with E-state index in [-0.39, 0.29) is 10.1 Å². The van der Waals surface area contributed by atoms with Crippen molar-refractivity contribution in [2.24, 2.45) is 0 Å². The van der Waals surface area contributed by atoms with Gasteiger partial charge in [0, 0.05) is 18.1 Å². The van der Waals surface area contributed by atoms with E-state index in [4.69, 9.17) is 0 Å². The van der Waals surface area contributed by atoms with E-state index in [0.29, 0.717) is 24.5 Å². The zero-order valence-electron chi connectivity index (χ0n) is 10.9. The van der Waals surface area contributed by atoms with Crippen molar-refractivity contribution in [2.45, 2.75) is 23.1 Å². The first-order chi connectivity index (χ1) is 10.1. The Morgan fingerprint density at radius 1 is 1.38 bits per heavy atom. The van der Waals surface area contributed by atoms with Gasteiger partial charge in [-0.2, -0.15) is 4.31 Å². The number of thiophene rings is 1. The van der Waals surface area contributed by atoms with E-state index in [2.05, 4.69) is 10.3 Å². The molecule has 0 aromatic carbocycles. The van der Waals surface area contributed by atoms with Crippen LogP contribution in [0.5, 0.6) is 0 Å². The average molecular weight is 343 g/mol. The summed E-state index contributed by atoms with van der Waals surface area (Å²) in [5, 5.41) is 6.63. The highest BCUT2D eigenvalue weighted by Crippen LogP contribution is 2.29. The molecule has 0 unspecified atom stereocenters. The largest absolute Gasteiger partial charge is 0.301 e. The molecule has 1 N–H and O–H groups in total. The van der Waals surface area contributed by atoms with Crippen molar-refractivity contribution in [3.63, 3.8) is 0 Å². The van der Waals surface area contributed by atoms with E-state index in [0.717, 1.165) is 11.3 Å². The third-order valence-electron chi connectivity index (χ3n) is 3.23. The van der Waals surface area contributed by atoms with Crippen molar-refractivity contribution in [1.29, 1.82) is 0 Å². The zero-order chi connectivity index (χ0) is 14.9. The summed E-state index contributed by atoms with van der Waals surface area (Å²) in [7, 11) is -3.59. The topological polar surface area (TPSA) is 79.4 Å². The van der Waals surface area contributed by atoms with Gasteiger partial charge in [-0.25, -0.2) is 13.4 Å². The maximum atomic E-state index is 12.6. The number of aromatic nitrogens is 1. The first-order valence-electron chi connectivity index (χ1n) is 6.35. The highest BCUT2D eigenvalue weighted by atomic mass is 32.2. The van der Waals surface area contributed by atoms with Crippen LogP contribution in [-0.4, -0.2) is 36.2 Å². The van der Waals surface area contributed by atoms with Crippen molar-refractivity contribution in [1.82, 2.24) is 9.29 Å². The van der Waals surface area contributed by atoms with Crippen molar-refractivity contribution in [3.8, 4) is 0 Å². The lowest BCUT2D eigenvalue weighted by atomic mass is 10.2. The van der Waals surface area contributed by atoms with Crippen LogP contribution >= 0.6 is 22.7 Å². The van der Waals surface area contributed by atoms with E-state index in [1.807, 2.05) is 0 Å². The second kappa shape index (κ2) is 5.84. The molecule has 1 saturated heterocycles. The molecule has 1 aliphatic heterocycles. The van der Waals surface area contributed by atoms with Gasteiger partial charge < -0.3 is 5.32 Å². The third-order valence-corrected chi connectivity index (χ3v) is 7.20. The minimum Gasteiger partial charge on any atom is -0.301 e. The molecule has 21 heavy (non-hydrogen) atoms. The number of nitrogens with zero attached hydrogens (tertiary/aromatic N) is 2. The fraction of sp³-hybridized carbons (Fsp3) is 0.333. The number of thiazole rings is 1. The predicted octanol–water partition coefficient (Wildman–Crippen LogP) is 2.00. The van der Waals surface area contributed by atoms with Crippen LogP contribution in [0.4, 0.5) is 5.13 Å². The molecular weight excluding hydrogens is 330 g/mol. The van der Waals surface area contributed by atoms with Gasteiger partial charge in [-0.1, -0.05) is 6.07 Å². The maximum absolute atomic E-state index is 12.6. The summed E-state index contributed by atoms with van der Waals surface area (Å²) in [6.07, 6.45) is 2.80. The Morgan fingerprint density at radius 2 is 2.24 bits per heavy atom. The lowest BCUT2D eigenvalue weighted by Crippen LogP contribution is -2.42. The molecule has 2 aromatic heterocycles. The highest BCUT2D eigenvalue weighted by Gasteiger charge is 2.40. The average Bonchev–Trinajstić information content (AvgIpc) is 3.20. The monoisotopic (exact) mass is 343 g/mol. The van der Waals surface area contributed by atoms with Crippen molar-refractivity contribution in [2.75, 3.05) is 11.9 Å². The Bertz CT molecular complexity index is 710. The number of hydrogen-bond donors (Lipinski definition) is 1. The summed E-state index contributed by atoms with van der Waals surface area (Å²) in [5.41, 5.74) is 0. The summed E-state index contributed by atoms with van der Waals surface area (Å²) in [5.74, 6) is -0.317. The SMILES string of the molecule is O=C(Nc1nccs1)[C@H]1CCCN1S(=O)(=O)c1cccs1. The molecule has 0 spiro atoms. The van der Waals surface area contributed by atoms with Crippen LogP contribution in [0.1, 0.15) is 12.8 Å². The first kappa shape index (κ1) is 14.6. The molecule has 0 radical (unpaired) electrons. The summed E-state index contributed by atoms with van der Waals surface area (Å²) in [4.78, 5) is 16.3. The van der Waals surface area contributed by atoms with E-state index in [9.17, 15) is 13.2 Å². The van der Waals surface area contributed by atoms with E-state index in [1.165, 1.54) is 15.6 Å². The second-order valence-corrected chi connectivity index (χ2v) is 8.49. The molecule has 9 heteroatoms. The van der Waals surface area contributed by atoms with Crippen LogP contribution in [0.2, 0.25) is 0 Å². The molecule has 3 heterocycles. The number of nitrogens with one attached hydrogen (secondary N) is 1. The van der Waals surface area contributed by atoms with Gasteiger partial charge in [-0.05, 0) is 24.3 Å². The lowest BCUT2D eigenvalue weighted by Gasteiger charge is -2.22. The number of amides is 1. The van der Waals surface area contributed by atoms with E-state index in [1.54, 1.807) is 29.1 Å². The lowest BCUT2D eigenvalue weighted by molar-refractivity contribution is -0.119. The number of carbonyl (C=O) groups excluding carboxylic acids is 1. The van der Waals surface area contributed by atoms with Crippen LogP contribution in [-0.2, 0) is 14.8 Å². The van der Waals surface area contributed by atoms with Crippen LogP contribution in [0.25, 0.3) is 0 Å². The third kappa shape index (κ3) is 2.86. The van der Waals surface area contributed by atoms with Crippen LogP contribution in [0.15, 0.2) is 33.3 Å². The number of sulfonamides is 1. The first-order valence-corrected chi connectivity index (χ1v) is 9.55. The molecule has 1 aliphatic rings. The smallest absolute Gasteiger partial charge is 0.253 e. The van der Waals surface area contributed by atoms with Gasteiger partial charge in [0.15, 0.2) is 5.13 Å².